The third-order valence-electron chi connectivity index (χ3n) is 5.72. The van der Waals surface area contributed by atoms with Crippen LogP contribution in [0.25, 0.3) is 0 Å². The van der Waals surface area contributed by atoms with E-state index in [1.54, 1.807) is 0 Å². The fourth-order valence-electron chi connectivity index (χ4n) is 4.69. The second-order valence-electron chi connectivity index (χ2n) is 6.86. The quantitative estimate of drug-likeness (QED) is 0.832. The maximum absolute atomic E-state index is 10.4. The third kappa shape index (κ3) is 2.75. The molecule has 18 heavy (non-hydrogen) atoms. The molecule has 2 heteroatoms. The van der Waals surface area contributed by atoms with Crippen LogP contribution in [0.2, 0.25) is 0 Å². The average Bonchev–Trinajstić information content (AvgIpc) is 2.93. The first-order valence-electron chi connectivity index (χ1n) is 8.27. The molecule has 2 nitrogen and oxygen atoms in total. The number of hydrogen-bond donors (Lipinski definition) is 1. The summed E-state index contributed by atoms with van der Waals surface area (Å²) in [6.07, 6.45) is 13.7. The smallest absolute Gasteiger partial charge is 0.0695 e. The van der Waals surface area contributed by atoms with Gasteiger partial charge in [-0.1, -0.05) is 25.7 Å². The molecule has 3 unspecified atom stereocenters. The summed E-state index contributed by atoms with van der Waals surface area (Å²) in [7, 11) is 0. The molecular formula is C16H29NO. The van der Waals surface area contributed by atoms with E-state index in [4.69, 9.17) is 0 Å². The number of β-amino-alcohol motifs (C(OH)–C–C–N with tert-alkyl or cyclic N) is 1. The topological polar surface area (TPSA) is 23.5 Å². The van der Waals surface area contributed by atoms with Crippen molar-refractivity contribution in [3.63, 3.8) is 0 Å². The van der Waals surface area contributed by atoms with Crippen LogP contribution in [0.15, 0.2) is 0 Å². The molecule has 3 rings (SSSR count). The Morgan fingerprint density at radius 3 is 2.39 bits per heavy atom. The van der Waals surface area contributed by atoms with Gasteiger partial charge >= 0.3 is 0 Å². The van der Waals surface area contributed by atoms with Crippen LogP contribution in [0.1, 0.15) is 64.2 Å². The summed E-state index contributed by atoms with van der Waals surface area (Å²) in [6, 6.07) is 0.809. The number of aliphatic hydroxyl groups is 1. The summed E-state index contributed by atoms with van der Waals surface area (Å²) in [4.78, 5) is 2.65. The Hall–Kier alpha value is -0.0800. The molecule has 2 saturated carbocycles. The van der Waals surface area contributed by atoms with E-state index in [0.29, 0.717) is 5.92 Å². The predicted molar refractivity (Wildman–Crippen MR) is 74.5 cm³/mol. The van der Waals surface area contributed by atoms with Gasteiger partial charge in [-0.05, 0) is 56.9 Å². The Morgan fingerprint density at radius 2 is 1.56 bits per heavy atom. The Bertz CT molecular complexity index is 260. The molecule has 3 fully saturated rings. The second-order valence-corrected chi connectivity index (χ2v) is 6.86. The van der Waals surface area contributed by atoms with Crippen LogP contribution in [0.5, 0.6) is 0 Å². The lowest BCUT2D eigenvalue weighted by Gasteiger charge is -2.45. The highest BCUT2D eigenvalue weighted by Crippen LogP contribution is 2.36. The first-order chi connectivity index (χ1) is 8.84. The van der Waals surface area contributed by atoms with Crippen molar-refractivity contribution >= 4 is 0 Å². The number of aliphatic hydroxyl groups excluding tert-OH is 1. The van der Waals surface area contributed by atoms with Gasteiger partial charge in [-0.3, -0.25) is 4.90 Å². The lowest BCUT2D eigenvalue weighted by atomic mass is 9.78. The minimum Gasteiger partial charge on any atom is -0.392 e. The Labute approximate surface area is 112 Å². The molecular weight excluding hydrogens is 222 g/mol. The van der Waals surface area contributed by atoms with E-state index in [1.807, 2.05) is 0 Å². The maximum atomic E-state index is 10.4. The van der Waals surface area contributed by atoms with Crippen LogP contribution >= 0.6 is 0 Å². The van der Waals surface area contributed by atoms with Crippen molar-refractivity contribution in [3.8, 4) is 0 Å². The molecule has 0 bridgehead atoms. The van der Waals surface area contributed by atoms with Crippen LogP contribution in [-0.2, 0) is 0 Å². The van der Waals surface area contributed by atoms with Crippen molar-refractivity contribution in [2.75, 3.05) is 13.1 Å². The minimum absolute atomic E-state index is 0.0480. The molecule has 1 N–H and O–H groups in total. The van der Waals surface area contributed by atoms with Crippen molar-refractivity contribution in [2.24, 2.45) is 11.8 Å². The molecule has 0 aromatic carbocycles. The Kier molecular flexibility index (Phi) is 4.25. The molecule has 3 atom stereocenters. The van der Waals surface area contributed by atoms with E-state index in [1.165, 1.54) is 70.8 Å². The fourth-order valence-corrected chi connectivity index (χ4v) is 4.69. The molecule has 0 spiro atoms. The first kappa shape index (κ1) is 12.9. The molecule has 0 radical (unpaired) electrons. The van der Waals surface area contributed by atoms with Gasteiger partial charge in [-0.25, -0.2) is 0 Å². The van der Waals surface area contributed by atoms with Gasteiger partial charge in [0.05, 0.1) is 6.10 Å². The van der Waals surface area contributed by atoms with Gasteiger partial charge in [-0.15, -0.1) is 0 Å². The van der Waals surface area contributed by atoms with Gasteiger partial charge in [-0.2, -0.15) is 0 Å². The predicted octanol–water partition coefficient (Wildman–Crippen LogP) is 3.19. The summed E-state index contributed by atoms with van der Waals surface area (Å²) in [5, 5.41) is 10.4. The summed E-state index contributed by atoms with van der Waals surface area (Å²) in [5.41, 5.74) is 0. The van der Waals surface area contributed by atoms with E-state index in [-0.39, 0.29) is 6.10 Å². The Balaban J connectivity index is 1.56. The fraction of sp³-hybridized carbons (Fsp3) is 1.00. The second kappa shape index (κ2) is 5.92. The van der Waals surface area contributed by atoms with E-state index in [2.05, 4.69) is 4.90 Å². The van der Waals surface area contributed by atoms with Crippen molar-refractivity contribution in [1.29, 1.82) is 0 Å². The third-order valence-corrected chi connectivity index (χ3v) is 5.72. The van der Waals surface area contributed by atoms with Gasteiger partial charge in [0, 0.05) is 12.6 Å². The maximum Gasteiger partial charge on any atom is 0.0695 e. The largest absolute Gasteiger partial charge is 0.392 e. The first-order valence-corrected chi connectivity index (χ1v) is 8.27. The van der Waals surface area contributed by atoms with Crippen LogP contribution in [-0.4, -0.2) is 35.2 Å². The summed E-state index contributed by atoms with van der Waals surface area (Å²) >= 11 is 0. The molecule has 0 aromatic rings. The molecule has 1 saturated heterocycles. The van der Waals surface area contributed by atoms with Crippen molar-refractivity contribution in [2.45, 2.75) is 76.4 Å². The minimum atomic E-state index is -0.0480. The van der Waals surface area contributed by atoms with Crippen LogP contribution in [0.3, 0.4) is 0 Å². The number of rotatable bonds is 3. The van der Waals surface area contributed by atoms with Crippen molar-refractivity contribution < 1.29 is 5.11 Å². The average molecular weight is 251 g/mol. The number of hydrogen-bond acceptors (Lipinski definition) is 2. The highest BCUT2D eigenvalue weighted by Gasteiger charge is 2.35. The normalized spacial score (nSPS) is 36.5. The van der Waals surface area contributed by atoms with Gasteiger partial charge in [0.1, 0.15) is 0 Å². The van der Waals surface area contributed by atoms with Crippen LogP contribution in [0.4, 0.5) is 0 Å². The van der Waals surface area contributed by atoms with Crippen LogP contribution < -0.4 is 0 Å². The zero-order valence-electron chi connectivity index (χ0n) is 11.7. The SMILES string of the molecule is OC(CN1CCCC2CCCCC21)C1CCCC1. The summed E-state index contributed by atoms with van der Waals surface area (Å²) in [5.74, 6) is 1.55. The molecule has 1 aliphatic heterocycles. The molecule has 0 amide bonds. The molecule has 104 valence electrons. The number of likely N-dealkylation sites (tertiary alicyclic amines) is 1. The number of piperidine rings is 1. The zero-order valence-corrected chi connectivity index (χ0v) is 11.7. The van der Waals surface area contributed by atoms with E-state index >= 15 is 0 Å². The highest BCUT2D eigenvalue weighted by molar-refractivity contribution is 4.89. The van der Waals surface area contributed by atoms with E-state index in [0.717, 1.165) is 18.5 Å². The molecule has 2 aliphatic carbocycles. The molecule has 1 heterocycles. The van der Waals surface area contributed by atoms with Crippen LogP contribution in [0, 0.1) is 11.8 Å². The number of nitrogens with zero attached hydrogens (tertiary/aromatic N) is 1. The summed E-state index contributed by atoms with van der Waals surface area (Å²) < 4.78 is 0. The molecule has 0 aromatic heterocycles. The summed E-state index contributed by atoms with van der Waals surface area (Å²) in [6.45, 7) is 2.21. The van der Waals surface area contributed by atoms with E-state index < -0.39 is 0 Å². The van der Waals surface area contributed by atoms with Gasteiger partial charge in [0.25, 0.3) is 0 Å². The highest BCUT2D eigenvalue weighted by atomic mass is 16.3. The Morgan fingerprint density at radius 1 is 0.889 bits per heavy atom. The van der Waals surface area contributed by atoms with Crippen molar-refractivity contribution in [1.82, 2.24) is 4.90 Å². The number of fused-ring (bicyclic) bond motifs is 1. The zero-order chi connectivity index (χ0) is 12.4. The lowest BCUT2D eigenvalue weighted by Crippen LogP contribution is -2.50. The van der Waals surface area contributed by atoms with Gasteiger partial charge < -0.3 is 5.11 Å². The van der Waals surface area contributed by atoms with E-state index in [9.17, 15) is 5.11 Å². The standard InChI is InChI=1S/C16H29NO/c18-16(14-7-1-2-8-14)12-17-11-5-9-13-6-3-4-10-15(13)17/h13-16,18H,1-12H2. The van der Waals surface area contributed by atoms with Crippen molar-refractivity contribution in [3.05, 3.63) is 0 Å². The van der Waals surface area contributed by atoms with Gasteiger partial charge in [0.15, 0.2) is 0 Å². The van der Waals surface area contributed by atoms with Gasteiger partial charge in [0.2, 0.25) is 0 Å². The lowest BCUT2D eigenvalue weighted by molar-refractivity contribution is 0.00249. The monoisotopic (exact) mass is 251 g/mol. The molecule has 3 aliphatic rings.